The molecule has 0 unspecified atom stereocenters. The van der Waals surface area contributed by atoms with Crippen molar-refractivity contribution in [2.24, 2.45) is 0 Å². The molecule has 0 radical (unpaired) electrons. The summed E-state index contributed by atoms with van der Waals surface area (Å²) < 4.78 is 1.89. The van der Waals surface area contributed by atoms with Crippen molar-refractivity contribution in [3.63, 3.8) is 0 Å². The Morgan fingerprint density at radius 1 is 1.18 bits per heavy atom. The Morgan fingerprint density at radius 2 is 1.82 bits per heavy atom. The molecule has 0 atom stereocenters. The molecule has 0 bridgehead atoms. The Balaban J connectivity index is 2.19. The van der Waals surface area contributed by atoms with E-state index in [2.05, 4.69) is 34.2 Å². The third-order valence-corrected chi connectivity index (χ3v) is 2.37. The van der Waals surface area contributed by atoms with Crippen LogP contribution in [-0.2, 0) is 0 Å². The highest BCUT2D eigenvalue weighted by Gasteiger charge is 2.04. The predicted molar refractivity (Wildman–Crippen MR) is 67.4 cm³/mol. The molecule has 17 heavy (non-hydrogen) atoms. The number of hydrogen-bond donors (Lipinski definition) is 1. The molecule has 0 aliphatic carbocycles. The summed E-state index contributed by atoms with van der Waals surface area (Å²) in [6.07, 6.45) is 3.73. The van der Waals surface area contributed by atoms with E-state index in [0.717, 1.165) is 17.1 Å². The normalized spacial score (nSPS) is 10.9. The van der Waals surface area contributed by atoms with Crippen molar-refractivity contribution in [1.29, 1.82) is 0 Å². The first-order valence-corrected chi connectivity index (χ1v) is 5.68. The lowest BCUT2D eigenvalue weighted by molar-refractivity contribution is 0.532. The van der Waals surface area contributed by atoms with Crippen molar-refractivity contribution in [3.05, 3.63) is 29.8 Å². The van der Waals surface area contributed by atoms with Crippen molar-refractivity contribution in [2.75, 3.05) is 5.32 Å². The van der Waals surface area contributed by atoms with Crippen LogP contribution in [0.2, 0.25) is 0 Å². The predicted octanol–water partition coefficient (Wildman–Crippen LogP) is 2.61. The molecule has 0 saturated heterocycles. The van der Waals surface area contributed by atoms with Crippen LogP contribution in [0.1, 0.15) is 31.3 Å². The number of hydrogen-bond acceptors (Lipinski definition) is 4. The van der Waals surface area contributed by atoms with Gasteiger partial charge < -0.3 is 5.32 Å². The van der Waals surface area contributed by atoms with Gasteiger partial charge >= 0.3 is 0 Å². The minimum atomic E-state index is 0.353. The van der Waals surface area contributed by atoms with Gasteiger partial charge in [0, 0.05) is 23.6 Å². The molecule has 2 heterocycles. The molecule has 5 heteroatoms. The second-order valence-electron chi connectivity index (χ2n) is 4.40. The molecule has 0 aromatic carbocycles. The fourth-order valence-electron chi connectivity index (χ4n) is 1.60. The standard InChI is InChI=1S/C12H17N5/c1-8(2)17-7-11(6-13-17)16-12-14-9(3)5-10(4)15-12/h5-8H,1-4H3,(H,14,15,16). The average Bonchev–Trinajstić information content (AvgIpc) is 2.64. The van der Waals surface area contributed by atoms with Crippen LogP contribution in [0.4, 0.5) is 11.6 Å². The zero-order valence-corrected chi connectivity index (χ0v) is 10.6. The van der Waals surface area contributed by atoms with Gasteiger partial charge in [-0.1, -0.05) is 0 Å². The molecule has 0 spiro atoms. The lowest BCUT2D eigenvalue weighted by atomic mass is 10.3. The lowest BCUT2D eigenvalue weighted by Gasteiger charge is -2.05. The van der Waals surface area contributed by atoms with E-state index in [9.17, 15) is 0 Å². The molecule has 5 nitrogen and oxygen atoms in total. The Hall–Kier alpha value is -1.91. The highest BCUT2D eigenvalue weighted by atomic mass is 15.3. The van der Waals surface area contributed by atoms with Gasteiger partial charge in [-0.05, 0) is 33.8 Å². The van der Waals surface area contributed by atoms with Crippen LogP contribution in [-0.4, -0.2) is 19.7 Å². The van der Waals surface area contributed by atoms with Crippen molar-refractivity contribution >= 4 is 11.6 Å². The Labute approximate surface area is 101 Å². The minimum absolute atomic E-state index is 0.353. The fourth-order valence-corrected chi connectivity index (χ4v) is 1.60. The maximum atomic E-state index is 4.32. The second-order valence-corrected chi connectivity index (χ2v) is 4.40. The van der Waals surface area contributed by atoms with Crippen LogP contribution in [0.15, 0.2) is 18.5 Å². The van der Waals surface area contributed by atoms with Gasteiger partial charge in [0.1, 0.15) is 0 Å². The van der Waals surface area contributed by atoms with Gasteiger partial charge in [-0.15, -0.1) is 0 Å². The minimum Gasteiger partial charge on any atom is -0.321 e. The maximum Gasteiger partial charge on any atom is 0.227 e. The summed E-state index contributed by atoms with van der Waals surface area (Å²) in [5, 5.41) is 7.41. The van der Waals surface area contributed by atoms with Crippen LogP contribution in [0, 0.1) is 13.8 Å². The fraction of sp³-hybridized carbons (Fsp3) is 0.417. The zero-order valence-electron chi connectivity index (χ0n) is 10.6. The molecule has 90 valence electrons. The average molecular weight is 231 g/mol. The van der Waals surface area contributed by atoms with Crippen LogP contribution in [0.5, 0.6) is 0 Å². The third kappa shape index (κ3) is 2.81. The highest BCUT2D eigenvalue weighted by molar-refractivity contribution is 5.50. The first-order valence-electron chi connectivity index (χ1n) is 5.68. The Kier molecular flexibility index (Phi) is 3.08. The van der Waals surface area contributed by atoms with Crippen LogP contribution in [0.3, 0.4) is 0 Å². The largest absolute Gasteiger partial charge is 0.321 e. The third-order valence-electron chi connectivity index (χ3n) is 2.37. The topological polar surface area (TPSA) is 55.6 Å². The number of anilines is 2. The van der Waals surface area contributed by atoms with E-state index in [0.29, 0.717) is 12.0 Å². The van der Waals surface area contributed by atoms with Crippen molar-refractivity contribution in [3.8, 4) is 0 Å². The zero-order chi connectivity index (χ0) is 12.4. The van der Waals surface area contributed by atoms with E-state index in [1.165, 1.54) is 0 Å². The van der Waals surface area contributed by atoms with Crippen molar-refractivity contribution < 1.29 is 0 Å². The first-order chi connectivity index (χ1) is 8.04. The molecule has 2 aromatic heterocycles. The molecular weight excluding hydrogens is 214 g/mol. The smallest absolute Gasteiger partial charge is 0.227 e. The van der Waals surface area contributed by atoms with E-state index in [4.69, 9.17) is 0 Å². The first kappa shape index (κ1) is 11.6. The molecule has 0 amide bonds. The maximum absolute atomic E-state index is 4.32. The molecule has 0 fully saturated rings. The quantitative estimate of drug-likeness (QED) is 0.882. The molecule has 2 rings (SSSR count). The van der Waals surface area contributed by atoms with Gasteiger partial charge in [-0.3, -0.25) is 4.68 Å². The number of aryl methyl sites for hydroxylation is 2. The van der Waals surface area contributed by atoms with Gasteiger partial charge in [-0.2, -0.15) is 5.10 Å². The lowest BCUT2D eigenvalue weighted by Crippen LogP contribution is -2.01. The Bertz CT molecular complexity index is 495. The summed E-state index contributed by atoms with van der Waals surface area (Å²) >= 11 is 0. The van der Waals surface area contributed by atoms with Crippen LogP contribution in [0.25, 0.3) is 0 Å². The van der Waals surface area contributed by atoms with Crippen LogP contribution < -0.4 is 5.32 Å². The van der Waals surface area contributed by atoms with E-state index in [-0.39, 0.29) is 0 Å². The number of nitrogens with one attached hydrogen (secondary N) is 1. The summed E-state index contributed by atoms with van der Waals surface area (Å²) in [5.41, 5.74) is 2.82. The molecule has 0 saturated carbocycles. The second kappa shape index (κ2) is 4.53. The molecule has 0 aliphatic rings. The van der Waals surface area contributed by atoms with Gasteiger partial charge in [-0.25, -0.2) is 9.97 Å². The summed E-state index contributed by atoms with van der Waals surface area (Å²) in [5.74, 6) is 0.616. The Morgan fingerprint density at radius 3 is 2.35 bits per heavy atom. The molecule has 1 N–H and O–H groups in total. The number of rotatable bonds is 3. The molecule has 0 aliphatic heterocycles. The molecular formula is C12H17N5. The van der Waals surface area contributed by atoms with Crippen molar-refractivity contribution in [2.45, 2.75) is 33.7 Å². The monoisotopic (exact) mass is 231 g/mol. The number of aromatic nitrogens is 4. The van der Waals surface area contributed by atoms with E-state index < -0.39 is 0 Å². The molecule has 2 aromatic rings. The van der Waals surface area contributed by atoms with Crippen molar-refractivity contribution in [1.82, 2.24) is 19.7 Å². The van der Waals surface area contributed by atoms with Gasteiger partial charge in [0.2, 0.25) is 5.95 Å². The van der Waals surface area contributed by atoms with E-state index >= 15 is 0 Å². The summed E-state index contributed by atoms with van der Waals surface area (Å²) in [6, 6.07) is 2.30. The SMILES string of the molecule is Cc1cc(C)nc(Nc2cnn(C(C)C)c2)n1. The summed E-state index contributed by atoms with van der Waals surface area (Å²) in [4.78, 5) is 8.65. The summed E-state index contributed by atoms with van der Waals surface area (Å²) in [7, 11) is 0. The van der Waals surface area contributed by atoms with E-state index in [1.807, 2.05) is 30.8 Å². The number of nitrogens with zero attached hydrogens (tertiary/aromatic N) is 4. The van der Waals surface area contributed by atoms with E-state index in [1.54, 1.807) is 6.20 Å². The summed E-state index contributed by atoms with van der Waals surface area (Å²) in [6.45, 7) is 8.09. The highest BCUT2D eigenvalue weighted by Crippen LogP contribution is 2.14. The van der Waals surface area contributed by atoms with Gasteiger partial charge in [0.05, 0.1) is 11.9 Å². The van der Waals surface area contributed by atoms with Gasteiger partial charge in [0.25, 0.3) is 0 Å². The van der Waals surface area contributed by atoms with Gasteiger partial charge in [0.15, 0.2) is 0 Å². The van der Waals surface area contributed by atoms with Crippen LogP contribution >= 0.6 is 0 Å².